The minimum absolute atomic E-state index is 0.0367. The lowest BCUT2D eigenvalue weighted by molar-refractivity contribution is 0.187. The Hall–Kier alpha value is -1.38. The molecule has 0 heterocycles. The summed E-state index contributed by atoms with van der Waals surface area (Å²) in [6, 6.07) is 3.30. The van der Waals surface area contributed by atoms with Crippen molar-refractivity contribution in [2.45, 2.75) is 97.3 Å². The zero-order valence-corrected chi connectivity index (χ0v) is 19.0. The third kappa shape index (κ3) is 6.08. The molecule has 0 spiro atoms. The molecule has 2 aliphatic rings. The first-order valence-electron chi connectivity index (χ1n) is 12.4. The molecule has 1 unspecified atom stereocenters. The van der Waals surface area contributed by atoms with Crippen LogP contribution in [0.5, 0.6) is 5.75 Å². The fourth-order valence-electron chi connectivity index (χ4n) is 5.38. The monoisotopic (exact) mass is 418 g/mol. The first-order valence-corrected chi connectivity index (χ1v) is 12.4. The zero-order chi connectivity index (χ0) is 21.3. The summed E-state index contributed by atoms with van der Waals surface area (Å²) in [6.45, 7) is 4.75. The van der Waals surface area contributed by atoms with Gasteiger partial charge in [-0.3, -0.25) is 0 Å². The minimum Gasteiger partial charge on any atom is -0.490 e. The van der Waals surface area contributed by atoms with Gasteiger partial charge in [0.1, 0.15) is 0 Å². The molecule has 2 aliphatic carbocycles. The van der Waals surface area contributed by atoms with E-state index in [9.17, 15) is 8.78 Å². The van der Waals surface area contributed by atoms with E-state index < -0.39 is 11.6 Å². The van der Waals surface area contributed by atoms with Crippen molar-refractivity contribution in [1.29, 1.82) is 0 Å². The van der Waals surface area contributed by atoms with Crippen LogP contribution in [-0.4, -0.2) is 6.61 Å². The van der Waals surface area contributed by atoms with E-state index in [0.717, 1.165) is 55.4 Å². The third-order valence-electron chi connectivity index (χ3n) is 7.37. The maximum atomic E-state index is 14.7. The van der Waals surface area contributed by atoms with Gasteiger partial charge in [-0.2, -0.15) is 4.39 Å². The molecule has 0 saturated heterocycles. The molecule has 0 aromatic heterocycles. The van der Waals surface area contributed by atoms with E-state index in [1.165, 1.54) is 51.4 Å². The van der Waals surface area contributed by atoms with Gasteiger partial charge >= 0.3 is 0 Å². The summed E-state index contributed by atoms with van der Waals surface area (Å²) in [4.78, 5) is 0. The Kier molecular flexibility index (Phi) is 9.21. The van der Waals surface area contributed by atoms with Crippen LogP contribution >= 0.6 is 0 Å². The fraction of sp³-hybridized carbons (Fsp3) is 0.704. The normalized spacial score (nSPS) is 24.5. The zero-order valence-electron chi connectivity index (χ0n) is 19.0. The maximum Gasteiger partial charge on any atom is 0.201 e. The van der Waals surface area contributed by atoms with Crippen LogP contribution in [-0.2, 0) is 0 Å². The first kappa shape index (κ1) is 23.3. The molecule has 1 fully saturated rings. The molecule has 3 rings (SSSR count). The van der Waals surface area contributed by atoms with Crippen molar-refractivity contribution in [2.24, 2.45) is 17.8 Å². The number of unbranched alkanes of at least 4 members (excludes halogenated alkanes) is 3. The van der Waals surface area contributed by atoms with Gasteiger partial charge in [-0.1, -0.05) is 64.9 Å². The van der Waals surface area contributed by atoms with Crippen molar-refractivity contribution in [3.05, 3.63) is 35.4 Å². The summed E-state index contributed by atoms with van der Waals surface area (Å²) < 4.78 is 34.5. The van der Waals surface area contributed by atoms with Gasteiger partial charge in [0.25, 0.3) is 0 Å². The SMILES string of the molecule is CCCCCC1CCC(C2CC=C(c3ccc(OCCCC)c(F)c3F)CC2)CC1. The molecule has 0 bridgehead atoms. The molecule has 1 atom stereocenters. The van der Waals surface area contributed by atoms with E-state index >= 15 is 0 Å². The molecule has 0 amide bonds. The molecule has 1 aromatic rings. The van der Waals surface area contributed by atoms with Gasteiger partial charge < -0.3 is 4.74 Å². The highest BCUT2D eigenvalue weighted by atomic mass is 19.2. The van der Waals surface area contributed by atoms with Crippen LogP contribution in [0.15, 0.2) is 18.2 Å². The molecule has 1 saturated carbocycles. The number of hydrogen-bond acceptors (Lipinski definition) is 1. The summed E-state index contributed by atoms with van der Waals surface area (Å²) in [7, 11) is 0. The number of ether oxygens (including phenoxy) is 1. The Labute approximate surface area is 182 Å². The fourth-order valence-corrected chi connectivity index (χ4v) is 5.38. The quantitative estimate of drug-likeness (QED) is 0.345. The Morgan fingerprint density at radius 1 is 0.867 bits per heavy atom. The number of hydrogen-bond donors (Lipinski definition) is 0. The van der Waals surface area contributed by atoms with E-state index in [1.54, 1.807) is 12.1 Å². The van der Waals surface area contributed by atoms with Crippen molar-refractivity contribution in [3.63, 3.8) is 0 Å². The van der Waals surface area contributed by atoms with Gasteiger partial charge in [-0.15, -0.1) is 0 Å². The molecular formula is C27H40F2O. The number of halogens is 2. The van der Waals surface area contributed by atoms with Gasteiger partial charge in [0, 0.05) is 5.56 Å². The Bertz CT molecular complexity index is 688. The predicted molar refractivity (Wildman–Crippen MR) is 122 cm³/mol. The second-order valence-electron chi connectivity index (χ2n) is 9.48. The average Bonchev–Trinajstić information content (AvgIpc) is 2.78. The number of benzene rings is 1. The van der Waals surface area contributed by atoms with Gasteiger partial charge in [0.05, 0.1) is 6.61 Å². The van der Waals surface area contributed by atoms with E-state index in [-0.39, 0.29) is 5.75 Å². The van der Waals surface area contributed by atoms with Gasteiger partial charge in [0.2, 0.25) is 5.82 Å². The van der Waals surface area contributed by atoms with Crippen LogP contribution in [0.1, 0.15) is 103 Å². The van der Waals surface area contributed by atoms with Gasteiger partial charge in [-0.25, -0.2) is 4.39 Å². The van der Waals surface area contributed by atoms with Crippen LogP contribution in [0.3, 0.4) is 0 Å². The Balaban J connectivity index is 1.53. The van der Waals surface area contributed by atoms with Crippen molar-refractivity contribution in [1.82, 2.24) is 0 Å². The highest BCUT2D eigenvalue weighted by Crippen LogP contribution is 2.42. The van der Waals surface area contributed by atoms with Crippen LogP contribution in [0.4, 0.5) is 8.78 Å². The summed E-state index contributed by atoms with van der Waals surface area (Å²) in [6.07, 6.45) is 17.9. The van der Waals surface area contributed by atoms with Gasteiger partial charge in [-0.05, 0) is 74.0 Å². The van der Waals surface area contributed by atoms with Gasteiger partial charge in [0.15, 0.2) is 11.6 Å². The van der Waals surface area contributed by atoms with E-state index in [1.807, 2.05) is 6.92 Å². The molecule has 3 heteroatoms. The van der Waals surface area contributed by atoms with E-state index in [0.29, 0.717) is 12.2 Å². The Morgan fingerprint density at radius 3 is 2.30 bits per heavy atom. The van der Waals surface area contributed by atoms with E-state index in [2.05, 4.69) is 13.0 Å². The molecular weight excluding hydrogens is 378 g/mol. The summed E-state index contributed by atoms with van der Waals surface area (Å²) in [5, 5.41) is 0. The maximum absolute atomic E-state index is 14.7. The molecule has 30 heavy (non-hydrogen) atoms. The standard InChI is InChI=1S/C27H40F2O/c1-3-5-7-8-20-9-11-21(12-10-20)22-13-15-23(16-14-22)24-17-18-25(27(29)26(24)28)30-19-6-4-2/h15,17-18,20-22H,3-14,16,19H2,1-2H3. The Morgan fingerprint density at radius 2 is 1.63 bits per heavy atom. The summed E-state index contributed by atoms with van der Waals surface area (Å²) in [5.74, 6) is 0.928. The molecule has 168 valence electrons. The van der Waals surface area contributed by atoms with Crippen molar-refractivity contribution < 1.29 is 13.5 Å². The van der Waals surface area contributed by atoms with Crippen molar-refractivity contribution in [3.8, 4) is 5.75 Å². The molecule has 1 aromatic carbocycles. The highest BCUT2D eigenvalue weighted by Gasteiger charge is 2.29. The van der Waals surface area contributed by atoms with Crippen molar-refractivity contribution in [2.75, 3.05) is 6.61 Å². The second kappa shape index (κ2) is 11.9. The molecule has 1 nitrogen and oxygen atoms in total. The molecule has 0 radical (unpaired) electrons. The smallest absolute Gasteiger partial charge is 0.201 e. The van der Waals surface area contributed by atoms with Crippen LogP contribution in [0.25, 0.3) is 5.57 Å². The summed E-state index contributed by atoms with van der Waals surface area (Å²) in [5.41, 5.74) is 1.39. The van der Waals surface area contributed by atoms with E-state index in [4.69, 9.17) is 4.74 Å². The average molecular weight is 419 g/mol. The number of allylic oxidation sites excluding steroid dienone is 2. The lowest BCUT2D eigenvalue weighted by atomic mass is 9.70. The van der Waals surface area contributed by atoms with Crippen LogP contribution in [0.2, 0.25) is 0 Å². The third-order valence-corrected chi connectivity index (χ3v) is 7.37. The first-order chi connectivity index (χ1) is 14.6. The molecule has 0 N–H and O–H groups in total. The lowest BCUT2D eigenvalue weighted by Gasteiger charge is -2.35. The topological polar surface area (TPSA) is 9.23 Å². The minimum atomic E-state index is -0.840. The predicted octanol–water partition coefficient (Wildman–Crippen LogP) is 8.71. The summed E-state index contributed by atoms with van der Waals surface area (Å²) >= 11 is 0. The lowest BCUT2D eigenvalue weighted by Crippen LogP contribution is -2.23. The second-order valence-corrected chi connectivity index (χ2v) is 9.48. The van der Waals surface area contributed by atoms with Crippen molar-refractivity contribution >= 4 is 5.57 Å². The molecule has 0 aliphatic heterocycles. The van der Waals surface area contributed by atoms with Crippen LogP contribution < -0.4 is 4.74 Å². The largest absolute Gasteiger partial charge is 0.490 e. The number of rotatable bonds is 10. The van der Waals surface area contributed by atoms with Crippen LogP contribution in [0, 0.1) is 29.4 Å². The highest BCUT2D eigenvalue weighted by molar-refractivity contribution is 5.67.